The number of rotatable bonds is 5. The lowest BCUT2D eigenvalue weighted by Gasteiger charge is -2.48. The van der Waals surface area contributed by atoms with Gasteiger partial charge in [0.2, 0.25) is 0 Å². The second kappa shape index (κ2) is 6.27. The summed E-state index contributed by atoms with van der Waals surface area (Å²) in [4.78, 5) is 2.72. The zero-order valence-corrected chi connectivity index (χ0v) is 12.4. The van der Waals surface area contributed by atoms with Gasteiger partial charge >= 0.3 is 0 Å². The summed E-state index contributed by atoms with van der Waals surface area (Å²) in [6, 6.07) is 1.43. The molecule has 3 atom stereocenters. The zero-order chi connectivity index (χ0) is 12.2. The first-order valence-corrected chi connectivity index (χ1v) is 7.95. The predicted octanol–water partition coefficient (Wildman–Crippen LogP) is 2.59. The molecule has 0 aromatic rings. The molecule has 0 spiro atoms. The van der Waals surface area contributed by atoms with Crippen molar-refractivity contribution in [3.63, 3.8) is 0 Å². The van der Waals surface area contributed by atoms with E-state index in [9.17, 15) is 0 Å². The Labute approximate surface area is 106 Å². The average Bonchev–Trinajstić information content (AvgIpc) is 2.29. The van der Waals surface area contributed by atoms with E-state index in [2.05, 4.69) is 44.2 Å². The summed E-state index contributed by atoms with van der Waals surface area (Å²) in [6.45, 7) is 11.7. The quantitative estimate of drug-likeness (QED) is 0.800. The second-order valence-corrected chi connectivity index (χ2v) is 6.24. The highest BCUT2D eigenvalue weighted by atomic mass is 32.2. The van der Waals surface area contributed by atoms with Crippen LogP contribution in [0.1, 0.15) is 40.5 Å². The fraction of sp³-hybridized carbons (Fsp3) is 1.00. The smallest absolute Gasteiger partial charge is 0.0278 e. The number of hydrogen-bond donors (Lipinski definition) is 1. The summed E-state index contributed by atoms with van der Waals surface area (Å²) >= 11 is 1.96. The van der Waals surface area contributed by atoms with Gasteiger partial charge in [0.05, 0.1) is 0 Å². The normalized spacial score (nSPS) is 33.9. The van der Waals surface area contributed by atoms with Crippen molar-refractivity contribution in [2.24, 2.45) is 0 Å². The van der Waals surface area contributed by atoms with Crippen molar-refractivity contribution in [2.45, 2.75) is 58.2 Å². The third-order valence-electron chi connectivity index (χ3n) is 3.99. The lowest BCUT2D eigenvalue weighted by atomic mass is 9.92. The van der Waals surface area contributed by atoms with E-state index in [0.29, 0.717) is 11.6 Å². The zero-order valence-electron chi connectivity index (χ0n) is 11.5. The van der Waals surface area contributed by atoms with Crippen LogP contribution in [0.15, 0.2) is 0 Å². The van der Waals surface area contributed by atoms with E-state index in [1.54, 1.807) is 0 Å². The Morgan fingerprint density at radius 3 is 2.69 bits per heavy atom. The number of hydrogen-bond acceptors (Lipinski definition) is 3. The van der Waals surface area contributed by atoms with Gasteiger partial charge in [0.1, 0.15) is 0 Å². The predicted molar refractivity (Wildman–Crippen MR) is 75.3 cm³/mol. The van der Waals surface area contributed by atoms with Gasteiger partial charge in [-0.2, -0.15) is 11.8 Å². The number of nitrogens with one attached hydrogen (secondary N) is 1. The highest BCUT2D eigenvalue weighted by Crippen LogP contribution is 2.23. The van der Waals surface area contributed by atoms with E-state index >= 15 is 0 Å². The number of thioether (sulfide) groups is 1. The van der Waals surface area contributed by atoms with Crippen LogP contribution in [0, 0.1) is 0 Å². The van der Waals surface area contributed by atoms with Crippen LogP contribution >= 0.6 is 11.8 Å². The second-order valence-electron chi connectivity index (χ2n) is 5.33. The summed E-state index contributed by atoms with van der Waals surface area (Å²) in [7, 11) is 0. The Morgan fingerprint density at radius 1 is 1.50 bits per heavy atom. The van der Waals surface area contributed by atoms with Gasteiger partial charge in [-0.1, -0.05) is 13.8 Å². The van der Waals surface area contributed by atoms with Gasteiger partial charge in [0.25, 0.3) is 0 Å². The van der Waals surface area contributed by atoms with Crippen molar-refractivity contribution in [2.75, 3.05) is 25.1 Å². The molecule has 1 aliphatic heterocycles. The van der Waals surface area contributed by atoms with E-state index in [0.717, 1.165) is 12.6 Å². The highest BCUT2D eigenvalue weighted by molar-refractivity contribution is 7.98. The van der Waals surface area contributed by atoms with Crippen molar-refractivity contribution in [1.82, 2.24) is 10.2 Å². The van der Waals surface area contributed by atoms with Crippen LogP contribution in [0.2, 0.25) is 0 Å². The minimum Gasteiger partial charge on any atom is -0.309 e. The van der Waals surface area contributed by atoms with Gasteiger partial charge in [-0.15, -0.1) is 0 Å². The van der Waals surface area contributed by atoms with Crippen molar-refractivity contribution in [3.8, 4) is 0 Å². The molecule has 1 fully saturated rings. The third kappa shape index (κ3) is 3.38. The molecule has 0 aromatic carbocycles. The molecule has 1 heterocycles. The molecule has 1 N–H and O–H groups in total. The minimum atomic E-state index is 0.318. The third-order valence-corrected chi connectivity index (χ3v) is 4.81. The molecular formula is C13H28N2S. The summed E-state index contributed by atoms with van der Waals surface area (Å²) in [5.74, 6) is 1.25. The summed E-state index contributed by atoms with van der Waals surface area (Å²) < 4.78 is 0. The van der Waals surface area contributed by atoms with Crippen LogP contribution in [0.5, 0.6) is 0 Å². The molecule has 0 bridgehead atoms. The van der Waals surface area contributed by atoms with Crippen molar-refractivity contribution in [3.05, 3.63) is 0 Å². The van der Waals surface area contributed by atoms with E-state index < -0.39 is 0 Å². The van der Waals surface area contributed by atoms with Crippen molar-refractivity contribution < 1.29 is 0 Å². The van der Waals surface area contributed by atoms with Crippen molar-refractivity contribution >= 4 is 11.8 Å². The first kappa shape index (κ1) is 14.3. The maximum Gasteiger partial charge on any atom is 0.0278 e. The van der Waals surface area contributed by atoms with Crippen LogP contribution in [-0.2, 0) is 0 Å². The molecule has 0 saturated carbocycles. The Balaban J connectivity index is 2.67. The number of nitrogens with zero attached hydrogens (tertiary/aromatic N) is 1. The summed E-state index contributed by atoms with van der Waals surface area (Å²) in [5, 5.41) is 3.72. The molecule has 0 amide bonds. The van der Waals surface area contributed by atoms with Gasteiger partial charge in [-0.05, 0) is 32.9 Å². The van der Waals surface area contributed by atoms with E-state index in [1.165, 1.54) is 25.1 Å². The van der Waals surface area contributed by atoms with Crippen LogP contribution in [0.25, 0.3) is 0 Å². The van der Waals surface area contributed by atoms with E-state index in [4.69, 9.17) is 0 Å². The molecule has 1 aliphatic rings. The largest absolute Gasteiger partial charge is 0.309 e. The molecule has 0 aromatic heterocycles. The van der Waals surface area contributed by atoms with Gasteiger partial charge in [-0.25, -0.2) is 0 Å². The molecule has 16 heavy (non-hydrogen) atoms. The molecule has 0 radical (unpaired) electrons. The lowest BCUT2D eigenvalue weighted by molar-refractivity contribution is 0.0576. The Kier molecular flexibility index (Phi) is 5.62. The van der Waals surface area contributed by atoms with Crippen LogP contribution < -0.4 is 5.32 Å². The first-order valence-electron chi connectivity index (χ1n) is 6.56. The summed E-state index contributed by atoms with van der Waals surface area (Å²) in [6.07, 6.45) is 4.68. The topological polar surface area (TPSA) is 15.3 Å². The van der Waals surface area contributed by atoms with Crippen LogP contribution in [-0.4, -0.2) is 47.6 Å². The Morgan fingerprint density at radius 2 is 2.19 bits per heavy atom. The molecular weight excluding hydrogens is 216 g/mol. The molecule has 3 heteroatoms. The van der Waals surface area contributed by atoms with Crippen molar-refractivity contribution in [1.29, 1.82) is 0 Å². The monoisotopic (exact) mass is 244 g/mol. The van der Waals surface area contributed by atoms with Gasteiger partial charge in [-0.3, -0.25) is 4.90 Å². The Bertz CT molecular complexity index is 210. The maximum atomic E-state index is 3.72. The number of piperazine rings is 1. The van der Waals surface area contributed by atoms with Gasteiger partial charge in [0.15, 0.2) is 0 Å². The SMILES string of the molecule is CCC1CNC(C)(CC)CN1C(C)CSC. The van der Waals surface area contributed by atoms with E-state index in [1.807, 2.05) is 11.8 Å². The molecule has 1 saturated heterocycles. The van der Waals surface area contributed by atoms with Gasteiger partial charge < -0.3 is 5.32 Å². The van der Waals surface area contributed by atoms with Crippen LogP contribution in [0.4, 0.5) is 0 Å². The molecule has 3 unspecified atom stereocenters. The fourth-order valence-corrected chi connectivity index (χ4v) is 3.21. The lowest BCUT2D eigenvalue weighted by Crippen LogP contribution is -2.64. The first-order chi connectivity index (χ1) is 7.56. The molecule has 2 nitrogen and oxygen atoms in total. The van der Waals surface area contributed by atoms with Crippen LogP contribution in [0.3, 0.4) is 0 Å². The maximum absolute atomic E-state index is 3.72. The molecule has 1 rings (SSSR count). The fourth-order valence-electron chi connectivity index (χ4n) is 2.54. The molecule has 96 valence electrons. The standard InChI is InChI=1S/C13H28N2S/c1-6-12-8-14-13(4,7-2)10-15(12)11(3)9-16-5/h11-12,14H,6-10H2,1-5H3. The summed E-state index contributed by atoms with van der Waals surface area (Å²) in [5.41, 5.74) is 0.318. The minimum absolute atomic E-state index is 0.318. The molecule has 0 aliphatic carbocycles. The average molecular weight is 244 g/mol. The van der Waals surface area contributed by atoms with Gasteiger partial charge in [0, 0.05) is 36.5 Å². The highest BCUT2D eigenvalue weighted by Gasteiger charge is 2.35. The van der Waals surface area contributed by atoms with E-state index in [-0.39, 0.29) is 0 Å². The Hall–Kier alpha value is 0.270.